The molecule has 0 heterocycles. The second-order valence-corrected chi connectivity index (χ2v) is 1.86. The molecule has 0 aliphatic heterocycles. The summed E-state index contributed by atoms with van der Waals surface area (Å²) in [6.07, 6.45) is 0. The first-order valence-electron chi connectivity index (χ1n) is 2.90. The normalized spacial score (nSPS) is 8.80. The lowest BCUT2D eigenvalue weighted by Crippen LogP contribution is -2.18. The minimum absolute atomic E-state index is 0. The fraction of sp³-hybridized carbons (Fsp3) is 0. The van der Waals surface area contributed by atoms with Crippen LogP contribution in [0.4, 0.5) is 10.5 Å². The molecule has 1 aromatic rings. The quantitative estimate of drug-likeness (QED) is 0.612. The molecule has 56 valence electrons. The maximum atomic E-state index is 10.3. The summed E-state index contributed by atoms with van der Waals surface area (Å²) in [7, 11) is 0. The van der Waals surface area contributed by atoms with Crippen molar-refractivity contribution in [2.45, 2.75) is 0 Å². The van der Waals surface area contributed by atoms with Crippen molar-refractivity contribution < 1.29 is 7.65 Å². The van der Waals surface area contributed by atoms with Gasteiger partial charge in [0.25, 0.3) is 0 Å². The third kappa shape index (κ3) is 1.78. The number of hydrogen-bond donors (Lipinski definition) is 2. The molecule has 0 radical (unpaired) electrons. The molecule has 0 spiro atoms. The Labute approximate surface area is 61.8 Å². The number of carbonyl (C=O) groups excluding carboxylic acids is 1. The number of urea groups is 1. The van der Waals surface area contributed by atoms with E-state index in [0.717, 1.165) is 5.69 Å². The number of nitrogens with one attached hydrogen (secondary N) is 1. The van der Waals surface area contributed by atoms with Crippen molar-refractivity contribution >= 4 is 11.7 Å². The zero-order valence-corrected chi connectivity index (χ0v) is 5.37. The zero-order chi connectivity index (χ0) is 7.40. The Balaban J connectivity index is 0. The smallest absolute Gasteiger partial charge is 0.316 e. The summed E-state index contributed by atoms with van der Waals surface area (Å²) in [6, 6.07) is 8.52. The van der Waals surface area contributed by atoms with Gasteiger partial charge < -0.3 is 11.1 Å². The first kappa shape index (κ1) is 6.61. The van der Waals surface area contributed by atoms with Crippen LogP contribution < -0.4 is 11.1 Å². The first-order valence-corrected chi connectivity index (χ1v) is 2.90. The summed E-state index contributed by atoms with van der Waals surface area (Å²) in [5.41, 5.74) is 5.59. The van der Waals surface area contributed by atoms with E-state index in [0.29, 0.717) is 0 Å². The molecule has 0 bridgehead atoms. The van der Waals surface area contributed by atoms with E-state index in [-0.39, 0.29) is 2.85 Å². The van der Waals surface area contributed by atoms with Gasteiger partial charge in [-0.15, -0.1) is 0 Å². The highest BCUT2D eigenvalue weighted by atomic mass is 16.2. The molecule has 1 aromatic carbocycles. The van der Waals surface area contributed by atoms with Gasteiger partial charge in [-0.2, -0.15) is 0 Å². The predicted octanol–water partition coefficient (Wildman–Crippen LogP) is 1.67. The maximum absolute atomic E-state index is 10.3. The number of hydrogen-bond acceptors (Lipinski definition) is 1. The van der Waals surface area contributed by atoms with E-state index in [1.54, 1.807) is 12.1 Å². The average molecular weight is 140 g/mol. The van der Waals surface area contributed by atoms with Gasteiger partial charge in [-0.3, -0.25) is 0 Å². The van der Waals surface area contributed by atoms with Gasteiger partial charge in [0.2, 0.25) is 0 Å². The monoisotopic (exact) mass is 140 g/mol. The van der Waals surface area contributed by atoms with E-state index in [2.05, 4.69) is 5.32 Å². The topological polar surface area (TPSA) is 55.1 Å². The lowest BCUT2D eigenvalue weighted by Gasteiger charge is -1.97. The Bertz CT molecular complexity index is 228. The van der Waals surface area contributed by atoms with Gasteiger partial charge in [0, 0.05) is 8.54 Å². The zero-order valence-electron chi connectivity index (χ0n) is 5.37. The van der Waals surface area contributed by atoms with Crippen LogP contribution in [0.5, 0.6) is 0 Å². The average Bonchev–Trinajstić information content (AvgIpc) is 1.88. The van der Waals surface area contributed by atoms with Crippen LogP contribution in [0.3, 0.4) is 0 Å². The van der Waals surface area contributed by atoms with Gasteiger partial charge in [-0.25, -0.2) is 4.79 Å². The SMILES string of the molecule is NC(=O)Nc1ccccc1.[HH].[HH]. The summed E-state index contributed by atoms with van der Waals surface area (Å²) in [4.78, 5) is 10.3. The van der Waals surface area contributed by atoms with E-state index in [9.17, 15) is 4.79 Å². The van der Waals surface area contributed by atoms with Crippen LogP contribution in [0.15, 0.2) is 30.3 Å². The number of primary amides is 1. The Kier molecular flexibility index (Phi) is 1.89. The molecule has 2 amide bonds. The minimum atomic E-state index is -0.536. The molecule has 0 saturated carbocycles. The van der Waals surface area contributed by atoms with Crippen LogP contribution in [0.25, 0.3) is 0 Å². The van der Waals surface area contributed by atoms with E-state index in [4.69, 9.17) is 5.73 Å². The Morgan fingerprint density at radius 3 is 2.50 bits per heavy atom. The summed E-state index contributed by atoms with van der Waals surface area (Å²) >= 11 is 0. The number of nitrogens with two attached hydrogens (primary N) is 1. The lowest BCUT2D eigenvalue weighted by atomic mass is 10.3. The van der Waals surface area contributed by atoms with Crippen LogP contribution in [0, 0.1) is 0 Å². The summed E-state index contributed by atoms with van der Waals surface area (Å²) in [5, 5.41) is 2.44. The number of anilines is 1. The Morgan fingerprint density at radius 1 is 1.40 bits per heavy atom. The van der Waals surface area contributed by atoms with Gasteiger partial charge >= 0.3 is 6.03 Å². The van der Waals surface area contributed by atoms with Crippen LogP contribution in [0.2, 0.25) is 0 Å². The predicted molar refractivity (Wildman–Crippen MR) is 43.9 cm³/mol. The van der Waals surface area contributed by atoms with Crippen molar-refractivity contribution in [2.24, 2.45) is 5.73 Å². The highest BCUT2D eigenvalue weighted by Gasteiger charge is 1.90. The van der Waals surface area contributed by atoms with Crippen LogP contribution in [-0.4, -0.2) is 6.03 Å². The fourth-order valence-corrected chi connectivity index (χ4v) is 0.664. The Hall–Kier alpha value is -1.51. The summed E-state index contributed by atoms with van der Waals surface area (Å²) in [6.45, 7) is 0. The minimum Gasteiger partial charge on any atom is -0.351 e. The molecule has 0 fully saturated rings. The number of amides is 2. The molecule has 0 saturated heterocycles. The van der Waals surface area contributed by atoms with Crippen molar-refractivity contribution in [2.75, 3.05) is 5.32 Å². The van der Waals surface area contributed by atoms with E-state index in [1.165, 1.54) is 0 Å². The van der Waals surface area contributed by atoms with Crippen molar-refractivity contribution in [1.29, 1.82) is 0 Å². The summed E-state index contributed by atoms with van der Waals surface area (Å²) < 4.78 is 0. The number of carbonyl (C=O) groups is 1. The van der Waals surface area contributed by atoms with Gasteiger partial charge in [-0.05, 0) is 12.1 Å². The molecular formula is C7H12N2O. The second-order valence-electron chi connectivity index (χ2n) is 1.86. The van der Waals surface area contributed by atoms with Crippen LogP contribution >= 0.6 is 0 Å². The molecule has 3 nitrogen and oxygen atoms in total. The number of para-hydroxylation sites is 1. The van der Waals surface area contributed by atoms with Crippen molar-refractivity contribution in [3.05, 3.63) is 30.3 Å². The van der Waals surface area contributed by atoms with Gasteiger partial charge in [-0.1, -0.05) is 18.2 Å². The summed E-state index contributed by atoms with van der Waals surface area (Å²) in [5.74, 6) is 0. The van der Waals surface area contributed by atoms with Crippen molar-refractivity contribution in [1.82, 2.24) is 0 Å². The van der Waals surface area contributed by atoms with Crippen LogP contribution in [0.1, 0.15) is 2.85 Å². The molecule has 10 heavy (non-hydrogen) atoms. The van der Waals surface area contributed by atoms with Gasteiger partial charge in [0.1, 0.15) is 0 Å². The first-order chi connectivity index (χ1) is 4.79. The van der Waals surface area contributed by atoms with Crippen molar-refractivity contribution in [3.63, 3.8) is 0 Å². The second kappa shape index (κ2) is 2.87. The lowest BCUT2D eigenvalue weighted by molar-refractivity contribution is 0.259. The van der Waals surface area contributed by atoms with Crippen molar-refractivity contribution in [3.8, 4) is 0 Å². The maximum Gasteiger partial charge on any atom is 0.316 e. The van der Waals surface area contributed by atoms with E-state index >= 15 is 0 Å². The third-order valence-corrected chi connectivity index (χ3v) is 1.04. The fourth-order valence-electron chi connectivity index (χ4n) is 0.664. The standard InChI is InChI=1S/C7H8N2O.2H2/c8-7(10)9-6-4-2-1-3-5-6;;/h1-5H,(H3,8,9,10);2*1H. The van der Waals surface area contributed by atoms with E-state index < -0.39 is 6.03 Å². The molecule has 1 rings (SSSR count). The number of benzene rings is 1. The number of rotatable bonds is 1. The van der Waals surface area contributed by atoms with E-state index in [1.807, 2.05) is 18.2 Å². The molecule has 3 N–H and O–H groups in total. The highest BCUT2D eigenvalue weighted by Crippen LogP contribution is 2.03. The van der Waals surface area contributed by atoms with Crippen LogP contribution in [-0.2, 0) is 0 Å². The molecular weight excluding hydrogens is 128 g/mol. The highest BCUT2D eigenvalue weighted by molar-refractivity contribution is 5.87. The molecule has 0 unspecified atom stereocenters. The molecule has 0 atom stereocenters. The largest absolute Gasteiger partial charge is 0.351 e. The Morgan fingerprint density at radius 2 is 2.00 bits per heavy atom. The van der Waals surface area contributed by atoms with Gasteiger partial charge in [0.15, 0.2) is 0 Å². The van der Waals surface area contributed by atoms with Gasteiger partial charge in [0.05, 0.1) is 0 Å². The molecule has 0 aliphatic carbocycles. The molecule has 3 heteroatoms. The molecule has 0 aromatic heterocycles. The third-order valence-electron chi connectivity index (χ3n) is 1.04. The molecule has 0 aliphatic rings.